The standard InChI is InChI=1S/C35H40N6/c1-3-26(19-18-25(2)22-38-31-16-6-10-27-12-8-20-36-34(27)31)23-41(24-33-39-29-14-4-5-15-30(29)40-33)32-17-7-11-28-13-9-21-37-35(28)32/h3-5,8-9,12-15,18-21,31-32,38H,1,6-7,10-11,16-17,22-24H2,2H3,(H,39,40)/b25-18+,26-19+. The minimum atomic E-state index is 0.238. The molecule has 6 nitrogen and oxygen atoms in total. The largest absolute Gasteiger partial charge is 0.341 e. The Morgan fingerprint density at radius 3 is 2.54 bits per heavy atom. The second-order valence-electron chi connectivity index (χ2n) is 11.4. The molecule has 0 saturated carbocycles. The van der Waals surface area contributed by atoms with Crippen LogP contribution in [0.15, 0.2) is 96.9 Å². The van der Waals surface area contributed by atoms with Crippen molar-refractivity contribution in [2.24, 2.45) is 0 Å². The molecule has 6 heteroatoms. The number of hydrogen-bond donors (Lipinski definition) is 2. The van der Waals surface area contributed by atoms with Crippen molar-refractivity contribution in [2.75, 3.05) is 13.1 Å². The molecular weight excluding hydrogens is 504 g/mol. The van der Waals surface area contributed by atoms with E-state index in [0.29, 0.717) is 6.04 Å². The molecule has 2 unspecified atom stereocenters. The summed E-state index contributed by atoms with van der Waals surface area (Å²) >= 11 is 0. The average Bonchev–Trinajstić information content (AvgIpc) is 3.43. The number of nitrogens with zero attached hydrogens (tertiary/aromatic N) is 4. The van der Waals surface area contributed by atoms with Crippen molar-refractivity contribution in [3.05, 3.63) is 125 Å². The Morgan fingerprint density at radius 2 is 1.73 bits per heavy atom. The zero-order valence-electron chi connectivity index (χ0n) is 24.0. The van der Waals surface area contributed by atoms with Gasteiger partial charge in [0, 0.05) is 25.5 Å². The van der Waals surface area contributed by atoms with Crippen LogP contribution in [0, 0.1) is 0 Å². The third-order valence-corrected chi connectivity index (χ3v) is 8.45. The van der Waals surface area contributed by atoms with Crippen LogP contribution in [0.2, 0.25) is 0 Å². The molecule has 0 radical (unpaired) electrons. The third-order valence-electron chi connectivity index (χ3n) is 8.45. The van der Waals surface area contributed by atoms with Crippen LogP contribution in [0.3, 0.4) is 0 Å². The quantitative estimate of drug-likeness (QED) is 0.211. The van der Waals surface area contributed by atoms with Crippen LogP contribution in [0.4, 0.5) is 0 Å². The Bertz CT molecular complexity index is 1530. The molecule has 1 aromatic carbocycles. The van der Waals surface area contributed by atoms with Crippen molar-refractivity contribution >= 4 is 11.0 Å². The van der Waals surface area contributed by atoms with Gasteiger partial charge < -0.3 is 10.3 Å². The van der Waals surface area contributed by atoms with Crippen molar-refractivity contribution < 1.29 is 0 Å². The first kappa shape index (κ1) is 27.3. The van der Waals surface area contributed by atoms with Gasteiger partial charge in [-0.3, -0.25) is 14.9 Å². The number of imidazole rings is 1. The fourth-order valence-corrected chi connectivity index (χ4v) is 6.31. The Hall–Kier alpha value is -3.87. The highest BCUT2D eigenvalue weighted by Gasteiger charge is 2.28. The number of allylic oxidation sites excluding steroid dienone is 2. The van der Waals surface area contributed by atoms with Crippen molar-refractivity contribution in [1.29, 1.82) is 0 Å². The molecular formula is C35H40N6. The van der Waals surface area contributed by atoms with Gasteiger partial charge in [-0.15, -0.1) is 0 Å². The predicted octanol–water partition coefficient (Wildman–Crippen LogP) is 6.96. The van der Waals surface area contributed by atoms with E-state index in [0.717, 1.165) is 68.6 Å². The Labute approximate surface area is 243 Å². The van der Waals surface area contributed by atoms with Crippen molar-refractivity contribution in [1.82, 2.24) is 30.2 Å². The smallest absolute Gasteiger partial charge is 0.121 e. The lowest BCUT2D eigenvalue weighted by molar-refractivity contribution is 0.178. The monoisotopic (exact) mass is 544 g/mol. The van der Waals surface area contributed by atoms with Gasteiger partial charge >= 0.3 is 0 Å². The molecule has 41 heavy (non-hydrogen) atoms. The number of aromatic nitrogens is 4. The number of aromatic amines is 1. The molecule has 2 aliphatic rings. The fraction of sp³-hybridized carbons (Fsp3) is 0.343. The van der Waals surface area contributed by atoms with E-state index < -0.39 is 0 Å². The minimum Gasteiger partial charge on any atom is -0.341 e. The van der Waals surface area contributed by atoms with Gasteiger partial charge in [0.25, 0.3) is 0 Å². The summed E-state index contributed by atoms with van der Waals surface area (Å²) < 4.78 is 0. The van der Waals surface area contributed by atoms with Crippen LogP contribution in [-0.2, 0) is 19.4 Å². The first-order chi connectivity index (χ1) is 20.2. The van der Waals surface area contributed by atoms with Gasteiger partial charge in [0.1, 0.15) is 5.82 Å². The lowest BCUT2D eigenvalue weighted by atomic mass is 9.90. The minimum absolute atomic E-state index is 0.238. The van der Waals surface area contributed by atoms with E-state index in [-0.39, 0.29) is 6.04 Å². The lowest BCUT2D eigenvalue weighted by Crippen LogP contribution is -2.33. The zero-order chi connectivity index (χ0) is 28.0. The Kier molecular flexibility index (Phi) is 8.49. The van der Waals surface area contributed by atoms with Gasteiger partial charge in [-0.25, -0.2) is 4.98 Å². The van der Waals surface area contributed by atoms with Crippen LogP contribution in [0.25, 0.3) is 11.0 Å². The number of hydrogen-bond acceptors (Lipinski definition) is 5. The third kappa shape index (κ3) is 6.39. The number of benzene rings is 1. The van der Waals surface area contributed by atoms with E-state index >= 15 is 0 Å². The highest BCUT2D eigenvalue weighted by Crippen LogP contribution is 2.34. The summed E-state index contributed by atoms with van der Waals surface area (Å²) in [6.45, 7) is 8.71. The normalized spacial score (nSPS) is 19.3. The summed E-state index contributed by atoms with van der Waals surface area (Å²) in [7, 11) is 0. The maximum absolute atomic E-state index is 4.91. The maximum atomic E-state index is 4.91. The molecule has 0 amide bonds. The molecule has 0 fully saturated rings. The molecule has 0 bridgehead atoms. The molecule has 0 aliphatic heterocycles. The van der Waals surface area contributed by atoms with Crippen molar-refractivity contribution in [3.8, 4) is 0 Å². The van der Waals surface area contributed by atoms with Gasteiger partial charge in [0.15, 0.2) is 0 Å². The second-order valence-corrected chi connectivity index (χ2v) is 11.4. The molecule has 2 atom stereocenters. The van der Waals surface area contributed by atoms with Crippen LogP contribution in [-0.4, -0.2) is 37.9 Å². The highest BCUT2D eigenvalue weighted by molar-refractivity contribution is 5.74. The number of H-pyrrole nitrogens is 1. The first-order valence-electron chi connectivity index (χ1n) is 15.0. The number of fused-ring (bicyclic) bond motifs is 3. The molecule has 3 aromatic heterocycles. The summed E-state index contributed by atoms with van der Waals surface area (Å²) in [5.41, 5.74) is 9.73. The van der Waals surface area contributed by atoms with Gasteiger partial charge in [0.05, 0.1) is 41.0 Å². The van der Waals surface area contributed by atoms with Gasteiger partial charge in [-0.05, 0) is 86.4 Å². The average molecular weight is 545 g/mol. The van der Waals surface area contributed by atoms with Crippen LogP contribution in [0.1, 0.15) is 73.0 Å². The molecule has 0 saturated heterocycles. The van der Waals surface area contributed by atoms with E-state index in [1.54, 1.807) is 0 Å². The topological polar surface area (TPSA) is 69.7 Å². The van der Waals surface area contributed by atoms with E-state index in [2.05, 4.69) is 82.2 Å². The van der Waals surface area contributed by atoms with E-state index in [4.69, 9.17) is 9.97 Å². The van der Waals surface area contributed by atoms with E-state index in [1.807, 2.05) is 30.6 Å². The SMILES string of the molecule is C=C/C(=C\C=C(/C)CNC1CCCc2cccnc21)CN(Cc1nc2ccccc2[nH]1)C1CCCc2cccnc21. The highest BCUT2D eigenvalue weighted by atomic mass is 15.2. The predicted molar refractivity (Wildman–Crippen MR) is 166 cm³/mol. The molecule has 2 N–H and O–H groups in total. The summed E-state index contributed by atoms with van der Waals surface area (Å²) in [6, 6.07) is 17.4. The summed E-state index contributed by atoms with van der Waals surface area (Å²) in [5, 5.41) is 3.75. The van der Waals surface area contributed by atoms with Crippen LogP contribution in [0.5, 0.6) is 0 Å². The Balaban J connectivity index is 1.20. The van der Waals surface area contributed by atoms with Gasteiger partial charge in [-0.2, -0.15) is 0 Å². The number of para-hydroxylation sites is 2. The van der Waals surface area contributed by atoms with Crippen LogP contribution >= 0.6 is 0 Å². The second kappa shape index (κ2) is 12.8. The Morgan fingerprint density at radius 1 is 0.976 bits per heavy atom. The van der Waals surface area contributed by atoms with E-state index in [1.165, 1.54) is 40.1 Å². The molecule has 210 valence electrons. The van der Waals surface area contributed by atoms with Gasteiger partial charge in [-0.1, -0.05) is 54.6 Å². The first-order valence-corrected chi connectivity index (χ1v) is 15.0. The molecule has 6 rings (SSSR count). The summed E-state index contributed by atoms with van der Waals surface area (Å²) in [5.74, 6) is 0.981. The van der Waals surface area contributed by atoms with Gasteiger partial charge in [0.2, 0.25) is 0 Å². The molecule has 3 heterocycles. The number of rotatable bonds is 10. The van der Waals surface area contributed by atoms with Crippen molar-refractivity contribution in [2.45, 2.75) is 64.1 Å². The fourth-order valence-electron chi connectivity index (χ4n) is 6.31. The van der Waals surface area contributed by atoms with Crippen molar-refractivity contribution in [3.63, 3.8) is 0 Å². The lowest BCUT2D eigenvalue weighted by Gasteiger charge is -2.34. The zero-order valence-corrected chi connectivity index (χ0v) is 24.0. The number of nitrogens with one attached hydrogen (secondary N) is 2. The van der Waals surface area contributed by atoms with Crippen LogP contribution < -0.4 is 5.32 Å². The molecule has 0 spiro atoms. The summed E-state index contributed by atoms with van der Waals surface area (Å²) in [6.07, 6.45) is 17.1. The maximum Gasteiger partial charge on any atom is 0.121 e. The number of aryl methyl sites for hydroxylation is 2. The van der Waals surface area contributed by atoms with E-state index in [9.17, 15) is 0 Å². The summed E-state index contributed by atoms with van der Waals surface area (Å²) in [4.78, 5) is 20.5. The molecule has 2 aliphatic carbocycles. The molecule has 4 aromatic rings. The number of pyridine rings is 2.